The van der Waals surface area contributed by atoms with Gasteiger partial charge < -0.3 is 0 Å². The Hall–Kier alpha value is -1.67. The zero-order valence-electron chi connectivity index (χ0n) is 14.9. The molecular formula is C21H25NS. The summed E-state index contributed by atoms with van der Waals surface area (Å²) < 4.78 is 6.03. The second-order valence-corrected chi connectivity index (χ2v) is 9.13. The van der Waals surface area contributed by atoms with Crippen LogP contribution in [0.4, 0.5) is 0 Å². The van der Waals surface area contributed by atoms with Gasteiger partial charge in [0.2, 0.25) is 0 Å². The molecule has 2 aromatic carbocycles. The minimum Gasteiger partial charge on any atom is -0.191 e. The van der Waals surface area contributed by atoms with E-state index in [0.717, 1.165) is 5.69 Å². The molecule has 0 radical (unpaired) electrons. The third-order valence-corrected chi connectivity index (χ3v) is 5.15. The summed E-state index contributed by atoms with van der Waals surface area (Å²) in [4.78, 5) is 0. The number of hydrogen-bond donors (Lipinski definition) is 0. The molecular weight excluding hydrogens is 298 g/mol. The Morgan fingerprint density at radius 1 is 0.783 bits per heavy atom. The lowest BCUT2D eigenvalue weighted by Crippen LogP contribution is -2.10. The monoisotopic (exact) mass is 323 g/mol. The highest BCUT2D eigenvalue weighted by molar-refractivity contribution is 7.13. The molecule has 0 aliphatic carbocycles. The molecule has 1 heterocycles. The highest BCUT2D eigenvalue weighted by atomic mass is 32.1. The van der Waals surface area contributed by atoms with Crippen LogP contribution in [0.2, 0.25) is 0 Å². The molecule has 0 bridgehead atoms. The molecule has 0 N–H and O–H groups in total. The molecule has 1 nitrogen and oxygen atoms in total. The number of aromatic nitrogens is 1. The molecule has 0 saturated heterocycles. The average molecular weight is 324 g/mol. The van der Waals surface area contributed by atoms with Crippen LogP contribution >= 0.6 is 11.5 Å². The van der Waals surface area contributed by atoms with Gasteiger partial charge in [0.15, 0.2) is 0 Å². The van der Waals surface area contributed by atoms with Crippen LogP contribution in [0.25, 0.3) is 21.3 Å². The van der Waals surface area contributed by atoms with E-state index in [9.17, 15) is 0 Å². The van der Waals surface area contributed by atoms with E-state index in [-0.39, 0.29) is 10.8 Å². The number of benzene rings is 2. The topological polar surface area (TPSA) is 12.9 Å². The quantitative estimate of drug-likeness (QED) is 0.494. The summed E-state index contributed by atoms with van der Waals surface area (Å²) in [5.41, 5.74) is 5.36. The first-order valence-electron chi connectivity index (χ1n) is 8.17. The smallest absolute Gasteiger partial charge is 0.0919 e. The van der Waals surface area contributed by atoms with Crippen LogP contribution in [0.3, 0.4) is 0 Å². The Morgan fingerprint density at radius 2 is 1.43 bits per heavy atom. The van der Waals surface area contributed by atoms with E-state index in [1.54, 1.807) is 11.5 Å². The van der Waals surface area contributed by atoms with E-state index in [1.807, 2.05) is 0 Å². The van der Waals surface area contributed by atoms with Crippen molar-refractivity contribution in [1.82, 2.24) is 4.37 Å². The zero-order chi connectivity index (χ0) is 16.8. The van der Waals surface area contributed by atoms with Crippen LogP contribution in [0.5, 0.6) is 0 Å². The summed E-state index contributed by atoms with van der Waals surface area (Å²) in [5.74, 6) is 0. The second-order valence-electron chi connectivity index (χ2n) is 8.32. The maximum Gasteiger partial charge on any atom is 0.0919 e. The van der Waals surface area contributed by atoms with Crippen molar-refractivity contribution in [2.24, 2.45) is 0 Å². The van der Waals surface area contributed by atoms with Crippen molar-refractivity contribution >= 4 is 21.6 Å². The molecule has 1 aromatic heterocycles. The van der Waals surface area contributed by atoms with Gasteiger partial charge in [-0.2, -0.15) is 4.37 Å². The van der Waals surface area contributed by atoms with E-state index < -0.39 is 0 Å². The van der Waals surface area contributed by atoms with Crippen molar-refractivity contribution in [3.05, 3.63) is 53.6 Å². The van der Waals surface area contributed by atoms with Crippen molar-refractivity contribution in [2.45, 2.75) is 52.4 Å². The van der Waals surface area contributed by atoms with E-state index in [2.05, 4.69) is 84.0 Å². The molecule has 2 heteroatoms. The van der Waals surface area contributed by atoms with Gasteiger partial charge in [-0.3, -0.25) is 0 Å². The molecule has 0 spiro atoms. The van der Waals surface area contributed by atoms with E-state index >= 15 is 0 Å². The van der Waals surface area contributed by atoms with E-state index in [0.29, 0.717) is 0 Å². The Bertz CT molecular complexity index is 844. The summed E-state index contributed by atoms with van der Waals surface area (Å²) in [6.07, 6.45) is 0. The average Bonchev–Trinajstić information content (AvgIpc) is 2.88. The first-order chi connectivity index (χ1) is 10.7. The Morgan fingerprint density at radius 3 is 2.09 bits per heavy atom. The van der Waals surface area contributed by atoms with Crippen LogP contribution in [-0.4, -0.2) is 4.37 Å². The minimum absolute atomic E-state index is 0.154. The summed E-state index contributed by atoms with van der Waals surface area (Å²) >= 11 is 1.60. The standard InChI is InChI=1S/C21H25NS/c1-20(2,3)15-9-7-8-14(12-15)19-17-11-10-16(21(4,5)6)13-18(17)23-22-19/h7-13H,1-6H3. The first kappa shape index (κ1) is 16.2. The molecule has 0 fully saturated rings. The molecule has 3 rings (SSSR count). The summed E-state index contributed by atoms with van der Waals surface area (Å²) in [7, 11) is 0. The number of hydrogen-bond acceptors (Lipinski definition) is 2. The molecule has 23 heavy (non-hydrogen) atoms. The Kier molecular flexibility index (Phi) is 3.84. The molecule has 0 aliphatic heterocycles. The predicted octanol–water partition coefficient (Wildman–Crippen LogP) is 6.56. The van der Waals surface area contributed by atoms with Crippen molar-refractivity contribution < 1.29 is 0 Å². The van der Waals surface area contributed by atoms with Gasteiger partial charge in [0.1, 0.15) is 0 Å². The lowest BCUT2D eigenvalue weighted by atomic mass is 9.85. The third-order valence-electron chi connectivity index (χ3n) is 4.34. The molecule has 0 atom stereocenters. The Balaban J connectivity index is 2.11. The largest absolute Gasteiger partial charge is 0.191 e. The highest BCUT2D eigenvalue weighted by Gasteiger charge is 2.18. The van der Waals surface area contributed by atoms with Crippen LogP contribution in [0.1, 0.15) is 52.7 Å². The molecule has 3 aromatic rings. The van der Waals surface area contributed by atoms with Crippen LogP contribution in [-0.2, 0) is 10.8 Å². The highest BCUT2D eigenvalue weighted by Crippen LogP contribution is 2.35. The Labute approximate surface area is 143 Å². The van der Waals surface area contributed by atoms with Gasteiger partial charge in [0, 0.05) is 10.9 Å². The van der Waals surface area contributed by atoms with Gasteiger partial charge in [-0.15, -0.1) is 0 Å². The van der Waals surface area contributed by atoms with Gasteiger partial charge in [0.25, 0.3) is 0 Å². The maximum absolute atomic E-state index is 4.75. The first-order valence-corrected chi connectivity index (χ1v) is 8.94. The van der Waals surface area contributed by atoms with Crippen molar-refractivity contribution in [1.29, 1.82) is 0 Å². The second kappa shape index (κ2) is 5.45. The van der Waals surface area contributed by atoms with Crippen molar-refractivity contribution in [3.63, 3.8) is 0 Å². The van der Waals surface area contributed by atoms with Gasteiger partial charge in [-0.25, -0.2) is 0 Å². The van der Waals surface area contributed by atoms with Gasteiger partial charge in [-0.1, -0.05) is 71.9 Å². The SMILES string of the molecule is CC(C)(C)c1cccc(-c2nsc3cc(C(C)(C)C)ccc23)c1. The van der Waals surface area contributed by atoms with Crippen LogP contribution in [0.15, 0.2) is 42.5 Å². The maximum atomic E-state index is 4.75. The van der Waals surface area contributed by atoms with E-state index in [4.69, 9.17) is 4.37 Å². The van der Waals surface area contributed by atoms with Crippen LogP contribution in [0, 0.1) is 0 Å². The normalized spacial score (nSPS) is 12.8. The third kappa shape index (κ3) is 3.18. The number of rotatable bonds is 1. The fourth-order valence-electron chi connectivity index (χ4n) is 2.75. The summed E-state index contributed by atoms with van der Waals surface area (Å²) in [5, 5.41) is 1.26. The van der Waals surface area contributed by atoms with E-state index in [1.165, 1.54) is 26.8 Å². The minimum atomic E-state index is 0.154. The lowest BCUT2D eigenvalue weighted by Gasteiger charge is -2.20. The fraction of sp³-hybridized carbons (Fsp3) is 0.381. The van der Waals surface area contributed by atoms with Gasteiger partial charge >= 0.3 is 0 Å². The predicted molar refractivity (Wildman–Crippen MR) is 102 cm³/mol. The molecule has 0 unspecified atom stereocenters. The zero-order valence-corrected chi connectivity index (χ0v) is 15.7. The molecule has 120 valence electrons. The van der Waals surface area contributed by atoms with Crippen molar-refractivity contribution in [3.8, 4) is 11.3 Å². The molecule has 0 saturated carbocycles. The lowest BCUT2D eigenvalue weighted by molar-refractivity contribution is 0.590. The number of nitrogens with zero attached hydrogens (tertiary/aromatic N) is 1. The molecule has 0 aliphatic rings. The summed E-state index contributed by atoms with van der Waals surface area (Å²) in [6.45, 7) is 13.5. The number of fused-ring (bicyclic) bond motifs is 1. The van der Waals surface area contributed by atoms with Crippen LogP contribution < -0.4 is 0 Å². The summed E-state index contributed by atoms with van der Waals surface area (Å²) in [6, 6.07) is 15.6. The van der Waals surface area contributed by atoms with Crippen molar-refractivity contribution in [2.75, 3.05) is 0 Å². The molecule has 0 amide bonds. The van der Waals surface area contributed by atoms with Gasteiger partial charge in [0.05, 0.1) is 10.4 Å². The van der Waals surface area contributed by atoms with Gasteiger partial charge in [-0.05, 0) is 45.6 Å². The fourth-order valence-corrected chi connectivity index (χ4v) is 3.58.